The van der Waals surface area contributed by atoms with E-state index in [0.29, 0.717) is 25.3 Å². The highest BCUT2D eigenvalue weighted by molar-refractivity contribution is 7.10. The minimum atomic E-state index is 0.0815. The SMILES string of the molecule is CCC(C)CC(=O)NCc1sccc1C#CCCO. The molecule has 0 bridgehead atoms. The molecule has 4 heteroatoms. The Hall–Kier alpha value is -1.31. The molecule has 0 aromatic carbocycles. The molecule has 3 nitrogen and oxygen atoms in total. The van der Waals surface area contributed by atoms with Crippen LogP contribution < -0.4 is 5.32 Å². The lowest BCUT2D eigenvalue weighted by Gasteiger charge is -2.08. The molecular weight excluding hydrogens is 258 g/mol. The zero-order chi connectivity index (χ0) is 14.1. The van der Waals surface area contributed by atoms with E-state index in [1.165, 1.54) is 0 Å². The van der Waals surface area contributed by atoms with Crippen LogP contribution in [0.4, 0.5) is 0 Å². The molecule has 1 rings (SSSR count). The number of aliphatic hydroxyl groups excluding tert-OH is 1. The zero-order valence-electron chi connectivity index (χ0n) is 11.5. The first-order valence-electron chi connectivity index (χ1n) is 6.60. The van der Waals surface area contributed by atoms with Crippen molar-refractivity contribution in [1.82, 2.24) is 5.32 Å². The van der Waals surface area contributed by atoms with E-state index < -0.39 is 0 Å². The molecule has 104 valence electrons. The third kappa shape index (κ3) is 5.91. The van der Waals surface area contributed by atoms with Gasteiger partial charge in [-0.05, 0) is 17.4 Å². The second-order valence-electron chi connectivity index (χ2n) is 4.53. The van der Waals surface area contributed by atoms with Gasteiger partial charge < -0.3 is 10.4 Å². The Labute approximate surface area is 119 Å². The number of nitrogens with one attached hydrogen (secondary N) is 1. The van der Waals surface area contributed by atoms with Gasteiger partial charge in [-0.25, -0.2) is 0 Å². The van der Waals surface area contributed by atoms with Gasteiger partial charge in [0.05, 0.1) is 13.2 Å². The van der Waals surface area contributed by atoms with E-state index in [1.807, 2.05) is 11.4 Å². The van der Waals surface area contributed by atoms with Crippen molar-refractivity contribution >= 4 is 17.2 Å². The van der Waals surface area contributed by atoms with E-state index in [0.717, 1.165) is 16.9 Å². The molecule has 0 aliphatic carbocycles. The topological polar surface area (TPSA) is 49.3 Å². The molecule has 1 unspecified atom stereocenters. The Bertz CT molecular complexity index is 456. The lowest BCUT2D eigenvalue weighted by atomic mass is 10.1. The number of hydrogen-bond donors (Lipinski definition) is 2. The number of rotatable bonds is 6. The molecule has 0 spiro atoms. The van der Waals surface area contributed by atoms with Gasteiger partial charge in [-0.1, -0.05) is 32.1 Å². The summed E-state index contributed by atoms with van der Waals surface area (Å²) in [6.07, 6.45) is 2.08. The average Bonchev–Trinajstić information content (AvgIpc) is 2.84. The maximum absolute atomic E-state index is 11.7. The van der Waals surface area contributed by atoms with E-state index in [-0.39, 0.29) is 12.5 Å². The Morgan fingerprint density at radius 3 is 3.05 bits per heavy atom. The van der Waals surface area contributed by atoms with Gasteiger partial charge in [0.25, 0.3) is 0 Å². The molecule has 1 aromatic heterocycles. The zero-order valence-corrected chi connectivity index (χ0v) is 12.3. The van der Waals surface area contributed by atoms with Gasteiger partial charge >= 0.3 is 0 Å². The predicted octanol–water partition coefficient (Wildman–Crippen LogP) is 2.53. The van der Waals surface area contributed by atoms with E-state index in [2.05, 4.69) is 31.0 Å². The second kappa shape index (κ2) is 8.73. The van der Waals surface area contributed by atoms with Crippen molar-refractivity contribution in [2.45, 2.75) is 39.7 Å². The molecule has 1 heterocycles. The van der Waals surface area contributed by atoms with Gasteiger partial charge in [-0.2, -0.15) is 0 Å². The summed E-state index contributed by atoms with van der Waals surface area (Å²) in [5, 5.41) is 13.6. The van der Waals surface area contributed by atoms with Crippen molar-refractivity contribution in [3.8, 4) is 11.8 Å². The third-order valence-electron chi connectivity index (χ3n) is 2.88. The molecule has 1 aromatic rings. The van der Waals surface area contributed by atoms with E-state index in [9.17, 15) is 4.79 Å². The monoisotopic (exact) mass is 279 g/mol. The molecular formula is C15H21NO2S. The van der Waals surface area contributed by atoms with Crippen LogP contribution in [0.3, 0.4) is 0 Å². The molecule has 1 amide bonds. The lowest BCUT2D eigenvalue weighted by Crippen LogP contribution is -2.24. The summed E-state index contributed by atoms with van der Waals surface area (Å²) in [6, 6.07) is 1.95. The molecule has 1 atom stereocenters. The highest BCUT2D eigenvalue weighted by Crippen LogP contribution is 2.15. The first-order valence-corrected chi connectivity index (χ1v) is 7.48. The van der Waals surface area contributed by atoms with Crippen molar-refractivity contribution in [3.05, 3.63) is 21.9 Å². The van der Waals surface area contributed by atoms with E-state index in [4.69, 9.17) is 5.11 Å². The van der Waals surface area contributed by atoms with Gasteiger partial charge in [0.1, 0.15) is 0 Å². The highest BCUT2D eigenvalue weighted by atomic mass is 32.1. The van der Waals surface area contributed by atoms with Crippen LogP contribution in [0.1, 0.15) is 43.6 Å². The number of carbonyl (C=O) groups is 1. The molecule has 0 saturated carbocycles. The molecule has 2 N–H and O–H groups in total. The van der Waals surface area contributed by atoms with Crippen LogP contribution in [0.15, 0.2) is 11.4 Å². The summed E-state index contributed by atoms with van der Waals surface area (Å²) in [4.78, 5) is 12.8. The Morgan fingerprint density at radius 1 is 1.58 bits per heavy atom. The summed E-state index contributed by atoms with van der Waals surface area (Å²) in [7, 11) is 0. The molecule has 19 heavy (non-hydrogen) atoms. The summed E-state index contributed by atoms with van der Waals surface area (Å²) in [5.41, 5.74) is 0.947. The summed E-state index contributed by atoms with van der Waals surface area (Å²) in [5.74, 6) is 6.44. The minimum Gasteiger partial charge on any atom is -0.395 e. The van der Waals surface area contributed by atoms with Gasteiger partial charge in [0.2, 0.25) is 5.91 Å². The van der Waals surface area contributed by atoms with Crippen LogP contribution >= 0.6 is 11.3 Å². The molecule has 0 saturated heterocycles. The predicted molar refractivity (Wildman–Crippen MR) is 78.8 cm³/mol. The summed E-state index contributed by atoms with van der Waals surface area (Å²) < 4.78 is 0. The maximum atomic E-state index is 11.7. The standard InChI is InChI=1S/C15H21NO2S/c1-3-12(2)10-15(18)16-11-14-13(7-9-19-14)6-4-5-8-17/h7,9,12,17H,3,5,8,10-11H2,1-2H3,(H,16,18). The van der Waals surface area contributed by atoms with Crippen molar-refractivity contribution in [2.75, 3.05) is 6.61 Å². The smallest absolute Gasteiger partial charge is 0.220 e. The quantitative estimate of drug-likeness (QED) is 0.786. The van der Waals surface area contributed by atoms with Crippen molar-refractivity contribution in [3.63, 3.8) is 0 Å². The number of aliphatic hydroxyl groups is 1. The molecule has 0 aliphatic heterocycles. The van der Waals surface area contributed by atoms with Crippen LogP contribution in [0, 0.1) is 17.8 Å². The van der Waals surface area contributed by atoms with Crippen molar-refractivity contribution in [2.24, 2.45) is 5.92 Å². The van der Waals surface area contributed by atoms with Gasteiger partial charge in [0, 0.05) is 23.3 Å². The molecule has 0 aliphatic rings. The van der Waals surface area contributed by atoms with Crippen LogP contribution in [0.2, 0.25) is 0 Å². The minimum absolute atomic E-state index is 0.0815. The van der Waals surface area contributed by atoms with Gasteiger partial charge in [0.15, 0.2) is 0 Å². The Morgan fingerprint density at radius 2 is 2.37 bits per heavy atom. The summed E-state index contributed by atoms with van der Waals surface area (Å²) >= 11 is 1.59. The fourth-order valence-electron chi connectivity index (χ4n) is 1.51. The first kappa shape index (κ1) is 15.7. The van der Waals surface area contributed by atoms with Crippen LogP contribution in [-0.2, 0) is 11.3 Å². The number of thiophene rings is 1. The van der Waals surface area contributed by atoms with Crippen molar-refractivity contribution in [1.29, 1.82) is 0 Å². The van der Waals surface area contributed by atoms with Crippen LogP contribution in [0.25, 0.3) is 0 Å². The number of hydrogen-bond acceptors (Lipinski definition) is 3. The fraction of sp³-hybridized carbons (Fsp3) is 0.533. The van der Waals surface area contributed by atoms with Gasteiger partial charge in [-0.15, -0.1) is 11.3 Å². The Balaban J connectivity index is 2.48. The Kier molecular flexibility index (Phi) is 7.24. The largest absolute Gasteiger partial charge is 0.395 e. The second-order valence-corrected chi connectivity index (χ2v) is 5.53. The van der Waals surface area contributed by atoms with Crippen molar-refractivity contribution < 1.29 is 9.90 Å². The molecule has 0 radical (unpaired) electrons. The normalized spacial score (nSPS) is 11.5. The van der Waals surface area contributed by atoms with Gasteiger partial charge in [-0.3, -0.25) is 4.79 Å². The molecule has 0 fully saturated rings. The number of amides is 1. The lowest BCUT2D eigenvalue weighted by molar-refractivity contribution is -0.122. The first-order chi connectivity index (χ1) is 9.17. The number of carbonyl (C=O) groups excluding carboxylic acids is 1. The van der Waals surface area contributed by atoms with E-state index in [1.54, 1.807) is 11.3 Å². The third-order valence-corrected chi connectivity index (χ3v) is 3.80. The van der Waals surface area contributed by atoms with E-state index >= 15 is 0 Å². The summed E-state index contributed by atoms with van der Waals surface area (Å²) in [6.45, 7) is 4.79. The highest BCUT2D eigenvalue weighted by Gasteiger charge is 2.08. The maximum Gasteiger partial charge on any atom is 0.220 e. The fourth-order valence-corrected chi connectivity index (χ4v) is 2.28. The van der Waals surface area contributed by atoms with Crippen LogP contribution in [0.5, 0.6) is 0 Å². The van der Waals surface area contributed by atoms with Crippen LogP contribution in [-0.4, -0.2) is 17.6 Å². The average molecular weight is 279 g/mol.